The Kier molecular flexibility index (Phi) is 5.96. The Morgan fingerprint density at radius 1 is 1.12 bits per heavy atom. The van der Waals surface area contributed by atoms with E-state index in [0.717, 1.165) is 5.56 Å². The number of pyridine rings is 1. The van der Waals surface area contributed by atoms with E-state index in [2.05, 4.69) is 26.2 Å². The number of hydrogen-bond acceptors (Lipinski definition) is 3. The summed E-state index contributed by atoms with van der Waals surface area (Å²) >= 11 is 3.18. The summed E-state index contributed by atoms with van der Waals surface area (Å²) < 4.78 is 19.7. The average molecular weight is 415 g/mol. The van der Waals surface area contributed by atoms with Crippen LogP contribution in [0.15, 0.2) is 77.4 Å². The highest BCUT2D eigenvalue weighted by atomic mass is 79.9. The van der Waals surface area contributed by atoms with E-state index in [1.54, 1.807) is 12.3 Å². The van der Waals surface area contributed by atoms with E-state index in [0.29, 0.717) is 10.2 Å². The molecule has 3 aromatic rings. The number of hydrogen-bond donors (Lipinski definition) is 1. The van der Waals surface area contributed by atoms with Gasteiger partial charge >= 0.3 is 0 Å². The zero-order valence-electron chi connectivity index (χ0n) is 13.7. The van der Waals surface area contributed by atoms with Crippen LogP contribution in [-0.2, 0) is 4.79 Å². The summed E-state index contributed by atoms with van der Waals surface area (Å²) in [6.45, 7) is -0.297. The van der Waals surface area contributed by atoms with E-state index >= 15 is 0 Å². The molecule has 0 aliphatic carbocycles. The lowest BCUT2D eigenvalue weighted by atomic mass is 10.0. The molecule has 0 aliphatic heterocycles. The predicted molar refractivity (Wildman–Crippen MR) is 100 cm³/mol. The summed E-state index contributed by atoms with van der Waals surface area (Å²) in [4.78, 5) is 16.7. The van der Waals surface area contributed by atoms with Crippen LogP contribution >= 0.6 is 15.9 Å². The molecule has 4 nitrogen and oxygen atoms in total. The molecule has 6 heteroatoms. The molecule has 1 unspecified atom stereocenters. The molecule has 1 atom stereocenters. The number of aromatic nitrogens is 1. The molecule has 3 rings (SSSR count). The quantitative estimate of drug-likeness (QED) is 0.655. The Labute approximate surface area is 159 Å². The van der Waals surface area contributed by atoms with E-state index in [-0.39, 0.29) is 18.3 Å². The molecular weight excluding hydrogens is 399 g/mol. The predicted octanol–water partition coefficient (Wildman–Crippen LogP) is 4.27. The normalized spacial score (nSPS) is 11.6. The van der Waals surface area contributed by atoms with Gasteiger partial charge in [-0.25, -0.2) is 4.39 Å². The molecule has 0 spiro atoms. The zero-order valence-corrected chi connectivity index (χ0v) is 15.3. The lowest BCUT2D eigenvalue weighted by Gasteiger charge is -2.19. The fraction of sp³-hybridized carbons (Fsp3) is 0.100. The number of benzene rings is 2. The maximum Gasteiger partial charge on any atom is 0.258 e. The van der Waals surface area contributed by atoms with Crippen molar-refractivity contribution in [2.75, 3.05) is 6.61 Å². The first-order valence-corrected chi connectivity index (χ1v) is 8.76. The van der Waals surface area contributed by atoms with Gasteiger partial charge in [0, 0.05) is 10.7 Å². The first kappa shape index (κ1) is 18.1. The van der Waals surface area contributed by atoms with Gasteiger partial charge in [-0.1, -0.05) is 52.3 Å². The van der Waals surface area contributed by atoms with E-state index in [1.165, 1.54) is 12.1 Å². The van der Waals surface area contributed by atoms with Crippen LogP contribution in [0.1, 0.15) is 17.3 Å². The number of ether oxygens (including phenoxy) is 1. The minimum absolute atomic E-state index is 0.0254. The third-order valence-electron chi connectivity index (χ3n) is 3.67. The van der Waals surface area contributed by atoms with Crippen molar-refractivity contribution in [3.05, 3.63) is 94.5 Å². The average Bonchev–Trinajstić information content (AvgIpc) is 2.67. The largest absolute Gasteiger partial charge is 0.481 e. The van der Waals surface area contributed by atoms with Crippen LogP contribution in [0.3, 0.4) is 0 Å². The van der Waals surface area contributed by atoms with E-state index in [1.807, 2.05) is 48.5 Å². The van der Waals surface area contributed by atoms with Crippen molar-refractivity contribution in [2.45, 2.75) is 6.04 Å². The van der Waals surface area contributed by atoms with Gasteiger partial charge in [0.2, 0.25) is 0 Å². The summed E-state index contributed by atoms with van der Waals surface area (Å²) in [6.07, 6.45) is 1.67. The van der Waals surface area contributed by atoms with Gasteiger partial charge in [0.15, 0.2) is 18.2 Å². The molecule has 1 aromatic heterocycles. The molecule has 26 heavy (non-hydrogen) atoms. The van der Waals surface area contributed by atoms with Crippen molar-refractivity contribution in [2.24, 2.45) is 0 Å². The molecule has 1 N–H and O–H groups in total. The molecule has 0 saturated heterocycles. The molecule has 1 amide bonds. The Morgan fingerprint density at radius 3 is 2.58 bits per heavy atom. The van der Waals surface area contributed by atoms with Crippen LogP contribution in [0, 0.1) is 5.82 Å². The summed E-state index contributed by atoms with van der Waals surface area (Å²) in [5.41, 5.74) is 1.61. The standard InChI is InChI=1S/C20H16BrFN2O2/c21-15-9-10-18(16(22)12-15)26-13-19(25)24-20(14-6-2-1-3-7-14)17-8-4-5-11-23-17/h1-12,20H,13H2,(H,24,25). The van der Waals surface area contributed by atoms with Crippen molar-refractivity contribution >= 4 is 21.8 Å². The van der Waals surface area contributed by atoms with Gasteiger partial charge in [0.1, 0.15) is 0 Å². The van der Waals surface area contributed by atoms with Gasteiger partial charge < -0.3 is 10.1 Å². The van der Waals surface area contributed by atoms with E-state index < -0.39 is 11.9 Å². The number of nitrogens with one attached hydrogen (secondary N) is 1. The van der Waals surface area contributed by atoms with Gasteiger partial charge in [0.25, 0.3) is 5.91 Å². The number of amides is 1. The summed E-state index contributed by atoms with van der Waals surface area (Å²) in [6, 6.07) is 19.0. The lowest BCUT2D eigenvalue weighted by molar-refractivity contribution is -0.123. The molecular formula is C20H16BrFN2O2. The number of carbonyl (C=O) groups is 1. The van der Waals surface area contributed by atoms with E-state index in [9.17, 15) is 9.18 Å². The number of rotatable bonds is 6. The first-order chi connectivity index (χ1) is 12.6. The Balaban J connectivity index is 1.71. The van der Waals surface area contributed by atoms with E-state index in [4.69, 9.17) is 4.74 Å². The summed E-state index contributed by atoms with van der Waals surface area (Å²) in [5, 5.41) is 2.89. The molecule has 0 aliphatic rings. The van der Waals surface area contributed by atoms with Crippen LogP contribution < -0.4 is 10.1 Å². The van der Waals surface area contributed by atoms with Gasteiger partial charge in [-0.3, -0.25) is 9.78 Å². The summed E-state index contributed by atoms with van der Waals surface area (Å²) in [5.74, 6) is -0.874. The molecule has 0 radical (unpaired) electrons. The molecule has 0 bridgehead atoms. The maximum atomic E-state index is 13.8. The van der Waals surface area contributed by atoms with Crippen molar-refractivity contribution in [3.8, 4) is 5.75 Å². The van der Waals surface area contributed by atoms with Gasteiger partial charge in [-0.15, -0.1) is 0 Å². The molecule has 1 heterocycles. The monoisotopic (exact) mass is 414 g/mol. The van der Waals surface area contributed by atoms with Crippen molar-refractivity contribution in [1.29, 1.82) is 0 Å². The fourth-order valence-corrected chi connectivity index (χ4v) is 2.79. The number of halogens is 2. The fourth-order valence-electron chi connectivity index (χ4n) is 2.46. The van der Waals surface area contributed by atoms with Gasteiger partial charge in [-0.05, 0) is 35.9 Å². The lowest BCUT2D eigenvalue weighted by Crippen LogP contribution is -2.33. The Morgan fingerprint density at radius 2 is 1.88 bits per heavy atom. The third kappa shape index (κ3) is 4.67. The Bertz CT molecular complexity index is 836. The van der Waals surface area contributed by atoms with Crippen LogP contribution in [-0.4, -0.2) is 17.5 Å². The minimum atomic E-state index is -0.531. The van der Waals surface area contributed by atoms with Crippen LogP contribution in [0.5, 0.6) is 5.75 Å². The van der Waals surface area contributed by atoms with Gasteiger partial charge in [-0.2, -0.15) is 0 Å². The second-order valence-corrected chi connectivity index (χ2v) is 6.44. The smallest absolute Gasteiger partial charge is 0.258 e. The zero-order chi connectivity index (χ0) is 18.4. The van der Waals surface area contributed by atoms with Crippen LogP contribution in [0.25, 0.3) is 0 Å². The highest BCUT2D eigenvalue weighted by Gasteiger charge is 2.18. The van der Waals surface area contributed by atoms with Crippen LogP contribution in [0.2, 0.25) is 0 Å². The molecule has 132 valence electrons. The second kappa shape index (κ2) is 8.58. The van der Waals surface area contributed by atoms with Crippen molar-refractivity contribution in [3.63, 3.8) is 0 Å². The van der Waals surface area contributed by atoms with Crippen molar-refractivity contribution in [1.82, 2.24) is 10.3 Å². The summed E-state index contributed by atoms with van der Waals surface area (Å²) in [7, 11) is 0. The highest BCUT2D eigenvalue weighted by Crippen LogP contribution is 2.22. The third-order valence-corrected chi connectivity index (χ3v) is 4.17. The SMILES string of the molecule is O=C(COc1ccc(Br)cc1F)NC(c1ccccc1)c1ccccn1. The van der Waals surface area contributed by atoms with Gasteiger partial charge in [0.05, 0.1) is 11.7 Å². The number of nitrogens with zero attached hydrogens (tertiary/aromatic N) is 1. The van der Waals surface area contributed by atoms with Crippen molar-refractivity contribution < 1.29 is 13.9 Å². The topological polar surface area (TPSA) is 51.2 Å². The number of carbonyl (C=O) groups excluding carboxylic acids is 1. The second-order valence-electron chi connectivity index (χ2n) is 5.53. The molecule has 2 aromatic carbocycles. The Hall–Kier alpha value is -2.73. The molecule has 0 saturated carbocycles. The first-order valence-electron chi connectivity index (χ1n) is 7.96. The minimum Gasteiger partial charge on any atom is -0.481 e. The molecule has 0 fully saturated rings. The van der Waals surface area contributed by atoms with Crippen LogP contribution in [0.4, 0.5) is 4.39 Å². The highest BCUT2D eigenvalue weighted by molar-refractivity contribution is 9.10. The maximum absolute atomic E-state index is 13.8.